The van der Waals surface area contributed by atoms with Gasteiger partial charge in [0.25, 0.3) is 0 Å². The van der Waals surface area contributed by atoms with Gasteiger partial charge in [0, 0.05) is 25.2 Å². The van der Waals surface area contributed by atoms with Crippen molar-refractivity contribution in [1.82, 2.24) is 9.62 Å². The van der Waals surface area contributed by atoms with Crippen molar-refractivity contribution in [2.24, 2.45) is 0 Å². The predicted molar refractivity (Wildman–Crippen MR) is 114 cm³/mol. The molecule has 162 valence electrons. The Bertz CT molecular complexity index is 792. The molecule has 1 N–H and O–H groups in total. The van der Waals surface area contributed by atoms with Crippen LogP contribution in [-0.2, 0) is 14.8 Å². The van der Waals surface area contributed by atoms with Crippen molar-refractivity contribution < 1.29 is 17.9 Å². The van der Waals surface area contributed by atoms with Crippen LogP contribution < -0.4 is 9.46 Å². The lowest BCUT2D eigenvalue weighted by Crippen LogP contribution is -2.49. The van der Waals surface area contributed by atoms with E-state index in [9.17, 15) is 8.42 Å². The van der Waals surface area contributed by atoms with Gasteiger partial charge in [-0.25, -0.2) is 13.1 Å². The number of hydrogen-bond acceptors (Lipinski definition) is 5. The number of benzene rings is 1. The van der Waals surface area contributed by atoms with Crippen molar-refractivity contribution in [2.45, 2.75) is 75.7 Å². The van der Waals surface area contributed by atoms with Crippen molar-refractivity contribution in [1.29, 1.82) is 0 Å². The first-order valence-corrected chi connectivity index (χ1v) is 12.9. The third kappa shape index (κ3) is 5.13. The van der Waals surface area contributed by atoms with E-state index in [4.69, 9.17) is 9.47 Å². The molecule has 1 aromatic carbocycles. The first kappa shape index (κ1) is 21.1. The van der Waals surface area contributed by atoms with Crippen LogP contribution in [0, 0.1) is 0 Å². The summed E-state index contributed by atoms with van der Waals surface area (Å²) in [5.74, 6) is 1.55. The molecule has 3 heterocycles. The first-order valence-electron chi connectivity index (χ1n) is 11.0. The molecule has 5 rings (SSSR count). The lowest BCUT2D eigenvalue weighted by Gasteiger charge is -2.32. The number of ether oxygens (including phenoxy) is 2. The molecule has 2 bridgehead atoms. The van der Waals surface area contributed by atoms with Gasteiger partial charge in [-0.15, -0.1) is 0 Å². The minimum absolute atomic E-state index is 0.0519. The molecule has 1 aromatic rings. The molecule has 4 aliphatic rings. The van der Waals surface area contributed by atoms with Crippen LogP contribution in [0.3, 0.4) is 0 Å². The molecule has 3 aliphatic heterocycles. The molecule has 0 amide bonds. The van der Waals surface area contributed by atoms with Gasteiger partial charge in [-0.1, -0.05) is 25.1 Å². The molecule has 2 fully saturated rings. The molecule has 29 heavy (non-hydrogen) atoms. The molecule has 1 saturated carbocycles. The van der Waals surface area contributed by atoms with Crippen molar-refractivity contribution in [2.75, 3.05) is 26.0 Å². The van der Waals surface area contributed by atoms with Gasteiger partial charge in [0.2, 0.25) is 10.0 Å². The summed E-state index contributed by atoms with van der Waals surface area (Å²) >= 11 is 0. The summed E-state index contributed by atoms with van der Waals surface area (Å²) in [5.41, 5.74) is 1.33. The molecule has 3 atom stereocenters. The second-order valence-electron chi connectivity index (χ2n) is 8.84. The highest BCUT2D eigenvalue weighted by atomic mass is 32.2. The number of sulfonamides is 1. The number of nitrogens with zero attached hydrogens (tertiary/aromatic N) is 1. The average Bonchev–Trinajstić information content (AvgIpc) is 3.06. The van der Waals surface area contributed by atoms with E-state index in [1.165, 1.54) is 11.8 Å². The van der Waals surface area contributed by atoms with Gasteiger partial charge in [0.05, 0.1) is 19.0 Å². The van der Waals surface area contributed by atoms with Crippen molar-refractivity contribution >= 4 is 10.0 Å². The van der Waals surface area contributed by atoms with E-state index in [0.29, 0.717) is 12.5 Å². The third-order valence-corrected chi connectivity index (χ3v) is 7.48. The van der Waals surface area contributed by atoms with E-state index in [1.54, 1.807) is 0 Å². The monoisotopic (exact) mass is 422 g/mol. The van der Waals surface area contributed by atoms with E-state index in [-0.39, 0.29) is 24.3 Å². The van der Waals surface area contributed by atoms with Gasteiger partial charge in [0.15, 0.2) is 0 Å². The van der Waals surface area contributed by atoms with E-state index in [0.717, 1.165) is 57.4 Å². The van der Waals surface area contributed by atoms with Gasteiger partial charge in [-0.3, -0.25) is 4.90 Å². The van der Waals surface area contributed by atoms with E-state index >= 15 is 0 Å². The summed E-state index contributed by atoms with van der Waals surface area (Å²) in [6.45, 7) is 4.38. The number of rotatable bonds is 3. The Morgan fingerprint density at radius 2 is 1.90 bits per heavy atom. The molecule has 7 heteroatoms. The minimum Gasteiger partial charge on any atom is -0.489 e. The number of para-hydroxylation sites is 1. The lowest BCUT2D eigenvalue weighted by molar-refractivity contribution is -0.00971. The van der Waals surface area contributed by atoms with Crippen LogP contribution in [-0.4, -0.2) is 63.6 Å². The van der Waals surface area contributed by atoms with Gasteiger partial charge in [0.1, 0.15) is 11.9 Å². The smallest absolute Gasteiger partial charge is 0.209 e. The Morgan fingerprint density at radius 1 is 1.14 bits per heavy atom. The molecule has 0 aromatic heterocycles. The largest absolute Gasteiger partial charge is 0.489 e. The molecular formula is C22H34N2O4S. The SMILES string of the molecule is CC[C@@H]1CN2CC[C@H](NS(C)(=O)=O)[C@@H]2COC2CCC(CC2)c2ccccc2O1. The molecule has 1 aliphatic carbocycles. The fraction of sp³-hybridized carbons (Fsp3) is 0.727. The van der Waals surface area contributed by atoms with E-state index in [1.807, 2.05) is 0 Å². The Morgan fingerprint density at radius 3 is 2.62 bits per heavy atom. The molecule has 6 nitrogen and oxygen atoms in total. The van der Waals surface area contributed by atoms with Crippen molar-refractivity contribution in [3.8, 4) is 5.75 Å². The Hall–Kier alpha value is -1.15. The zero-order valence-electron chi connectivity index (χ0n) is 17.5. The minimum atomic E-state index is -3.25. The van der Waals surface area contributed by atoms with Crippen LogP contribution >= 0.6 is 0 Å². The Labute approximate surface area is 175 Å². The van der Waals surface area contributed by atoms with Crippen LogP contribution in [0.4, 0.5) is 0 Å². The van der Waals surface area contributed by atoms with Crippen LogP contribution in [0.25, 0.3) is 0 Å². The fourth-order valence-electron chi connectivity index (χ4n) is 5.17. The molecule has 1 saturated heterocycles. The maximum Gasteiger partial charge on any atom is 0.209 e. The summed E-state index contributed by atoms with van der Waals surface area (Å²) in [7, 11) is -3.25. The highest BCUT2D eigenvalue weighted by Crippen LogP contribution is 2.39. The second-order valence-corrected chi connectivity index (χ2v) is 10.6. The average molecular weight is 423 g/mol. The standard InChI is InChI=1S/C22H34N2O4S/c1-3-17-14-24-13-12-20(23-29(2,25)26)21(24)15-27-18-10-8-16(9-11-18)19-6-4-5-7-22(19)28-17/h4-7,16-18,20-21,23H,3,8-15H2,1-2H3/t16?,17-,18?,20+,21+/m1/s1. The van der Waals surface area contributed by atoms with Gasteiger partial charge in [-0.05, 0) is 56.1 Å². The van der Waals surface area contributed by atoms with Crippen LogP contribution in [0.5, 0.6) is 5.75 Å². The summed E-state index contributed by atoms with van der Waals surface area (Å²) in [5, 5.41) is 0. The number of fused-ring (bicyclic) bond motifs is 5. The van der Waals surface area contributed by atoms with Gasteiger partial charge >= 0.3 is 0 Å². The number of hydrogen-bond donors (Lipinski definition) is 1. The molecule has 0 radical (unpaired) electrons. The normalized spacial score (nSPS) is 33.7. The second kappa shape index (κ2) is 8.92. The summed E-state index contributed by atoms with van der Waals surface area (Å²) in [6, 6.07) is 8.45. The van der Waals surface area contributed by atoms with Gasteiger partial charge < -0.3 is 9.47 Å². The quantitative estimate of drug-likeness (QED) is 0.811. The summed E-state index contributed by atoms with van der Waals surface area (Å²) in [4.78, 5) is 2.37. The lowest BCUT2D eigenvalue weighted by atomic mass is 9.82. The van der Waals surface area contributed by atoms with Crippen molar-refractivity contribution in [3.63, 3.8) is 0 Å². The first-order chi connectivity index (χ1) is 13.9. The number of nitrogens with one attached hydrogen (secondary N) is 1. The Balaban J connectivity index is 1.60. The molecule has 0 unspecified atom stereocenters. The van der Waals surface area contributed by atoms with Crippen LogP contribution in [0.2, 0.25) is 0 Å². The predicted octanol–water partition coefficient (Wildman–Crippen LogP) is 2.89. The molecule has 0 spiro atoms. The fourth-order valence-corrected chi connectivity index (χ4v) is 5.99. The maximum absolute atomic E-state index is 11.9. The topological polar surface area (TPSA) is 67.9 Å². The van der Waals surface area contributed by atoms with Crippen LogP contribution in [0.15, 0.2) is 24.3 Å². The highest BCUT2D eigenvalue weighted by Gasteiger charge is 2.38. The van der Waals surface area contributed by atoms with Gasteiger partial charge in [-0.2, -0.15) is 0 Å². The maximum atomic E-state index is 11.9. The Kier molecular flexibility index (Phi) is 6.49. The van der Waals surface area contributed by atoms with E-state index in [2.05, 4.69) is 40.8 Å². The third-order valence-electron chi connectivity index (χ3n) is 6.75. The zero-order chi connectivity index (χ0) is 20.4. The van der Waals surface area contributed by atoms with E-state index < -0.39 is 10.0 Å². The van der Waals surface area contributed by atoms with Crippen LogP contribution in [0.1, 0.15) is 56.9 Å². The zero-order valence-corrected chi connectivity index (χ0v) is 18.4. The summed E-state index contributed by atoms with van der Waals surface area (Å²) in [6.07, 6.45) is 7.63. The summed E-state index contributed by atoms with van der Waals surface area (Å²) < 4.78 is 39.5. The molecular weight excluding hydrogens is 388 g/mol. The van der Waals surface area contributed by atoms with Crippen molar-refractivity contribution in [3.05, 3.63) is 29.8 Å². The highest BCUT2D eigenvalue weighted by molar-refractivity contribution is 7.88.